The second-order valence-electron chi connectivity index (χ2n) is 5.29. The van der Waals surface area contributed by atoms with Gasteiger partial charge in [-0.2, -0.15) is 0 Å². The number of nitrogens with two attached hydrogens (primary N) is 1. The predicted octanol–water partition coefficient (Wildman–Crippen LogP) is 3.38. The number of aryl methyl sites for hydroxylation is 2. The third-order valence-electron chi connectivity index (χ3n) is 3.97. The molecule has 0 saturated heterocycles. The van der Waals surface area contributed by atoms with E-state index in [2.05, 4.69) is 49.1 Å². The van der Waals surface area contributed by atoms with Crippen molar-refractivity contribution in [1.29, 1.82) is 0 Å². The maximum absolute atomic E-state index is 6.06. The second kappa shape index (κ2) is 5.08. The van der Waals surface area contributed by atoms with Crippen molar-refractivity contribution in [3.8, 4) is 0 Å². The molecule has 0 fully saturated rings. The highest BCUT2D eigenvalue weighted by Crippen LogP contribution is 2.34. The van der Waals surface area contributed by atoms with Crippen LogP contribution in [-0.2, 0) is 13.1 Å². The Morgan fingerprint density at radius 2 is 1.84 bits per heavy atom. The Bertz CT molecular complexity index is 563. The molecule has 3 rings (SSSR count). The van der Waals surface area contributed by atoms with Crippen molar-refractivity contribution < 1.29 is 0 Å². The summed E-state index contributed by atoms with van der Waals surface area (Å²) in [5.74, 6) is 0. The van der Waals surface area contributed by atoms with Crippen LogP contribution in [-0.4, -0.2) is 11.4 Å². The lowest BCUT2D eigenvalue weighted by atomic mass is 10.1. The van der Waals surface area contributed by atoms with Gasteiger partial charge in [0.1, 0.15) is 0 Å². The molecule has 3 heteroatoms. The maximum atomic E-state index is 6.06. The van der Waals surface area contributed by atoms with E-state index in [9.17, 15) is 0 Å². The summed E-state index contributed by atoms with van der Waals surface area (Å²) in [6.45, 7) is 7.11. The number of thiophene rings is 1. The summed E-state index contributed by atoms with van der Waals surface area (Å²) in [7, 11) is 0. The zero-order valence-corrected chi connectivity index (χ0v) is 12.3. The van der Waals surface area contributed by atoms with Crippen molar-refractivity contribution in [3.63, 3.8) is 0 Å². The molecule has 2 nitrogen and oxygen atoms in total. The van der Waals surface area contributed by atoms with Gasteiger partial charge < -0.3 is 5.73 Å². The number of hydrogen-bond acceptors (Lipinski definition) is 3. The van der Waals surface area contributed by atoms with Crippen LogP contribution >= 0.6 is 11.3 Å². The SMILES string of the molecule is Cc1cc(C(CN)N2Cc3ccccc3C2)c(C)s1. The van der Waals surface area contributed by atoms with Crippen LogP contribution in [0.15, 0.2) is 30.3 Å². The van der Waals surface area contributed by atoms with E-state index in [0.29, 0.717) is 12.6 Å². The molecule has 2 N–H and O–H groups in total. The van der Waals surface area contributed by atoms with Gasteiger partial charge in [0, 0.05) is 35.4 Å². The summed E-state index contributed by atoms with van der Waals surface area (Å²) >= 11 is 1.87. The lowest BCUT2D eigenvalue weighted by Gasteiger charge is -2.26. The molecule has 0 saturated carbocycles. The molecule has 0 radical (unpaired) electrons. The Hall–Kier alpha value is -1.16. The summed E-state index contributed by atoms with van der Waals surface area (Å²) in [5, 5.41) is 0. The van der Waals surface area contributed by atoms with Crippen LogP contribution < -0.4 is 5.73 Å². The molecule has 2 aromatic rings. The molecule has 19 heavy (non-hydrogen) atoms. The van der Waals surface area contributed by atoms with Gasteiger partial charge in [0.05, 0.1) is 0 Å². The molecule has 1 atom stereocenters. The first-order valence-corrected chi connectivity index (χ1v) is 7.58. The third-order valence-corrected chi connectivity index (χ3v) is 4.95. The van der Waals surface area contributed by atoms with Gasteiger partial charge in [0.25, 0.3) is 0 Å². The van der Waals surface area contributed by atoms with Gasteiger partial charge in [-0.3, -0.25) is 4.90 Å². The van der Waals surface area contributed by atoms with E-state index in [1.54, 1.807) is 0 Å². The fourth-order valence-corrected chi connectivity index (χ4v) is 4.02. The topological polar surface area (TPSA) is 29.3 Å². The van der Waals surface area contributed by atoms with E-state index in [4.69, 9.17) is 5.73 Å². The van der Waals surface area contributed by atoms with E-state index in [1.165, 1.54) is 26.4 Å². The monoisotopic (exact) mass is 272 g/mol. The van der Waals surface area contributed by atoms with Crippen molar-refractivity contribution in [2.24, 2.45) is 5.73 Å². The Kier molecular flexibility index (Phi) is 3.44. The van der Waals surface area contributed by atoms with Gasteiger partial charge in [-0.1, -0.05) is 24.3 Å². The van der Waals surface area contributed by atoms with Crippen LogP contribution in [0.25, 0.3) is 0 Å². The number of rotatable bonds is 3. The van der Waals surface area contributed by atoms with Gasteiger partial charge in [-0.05, 0) is 36.6 Å². The summed E-state index contributed by atoms with van der Waals surface area (Å²) < 4.78 is 0. The third kappa shape index (κ3) is 2.34. The highest BCUT2D eigenvalue weighted by Gasteiger charge is 2.27. The van der Waals surface area contributed by atoms with Crippen molar-refractivity contribution in [3.05, 3.63) is 56.8 Å². The Morgan fingerprint density at radius 1 is 1.21 bits per heavy atom. The second-order valence-corrected chi connectivity index (χ2v) is 6.75. The first-order valence-electron chi connectivity index (χ1n) is 6.77. The van der Waals surface area contributed by atoms with E-state index >= 15 is 0 Å². The smallest absolute Gasteiger partial charge is 0.0488 e. The van der Waals surface area contributed by atoms with Gasteiger partial charge in [-0.25, -0.2) is 0 Å². The van der Waals surface area contributed by atoms with Crippen LogP contribution in [0.3, 0.4) is 0 Å². The van der Waals surface area contributed by atoms with E-state index < -0.39 is 0 Å². The highest BCUT2D eigenvalue weighted by atomic mass is 32.1. The Morgan fingerprint density at radius 3 is 2.32 bits per heavy atom. The van der Waals surface area contributed by atoms with Gasteiger partial charge >= 0.3 is 0 Å². The Labute approximate surface area is 118 Å². The number of fused-ring (bicyclic) bond motifs is 1. The van der Waals surface area contributed by atoms with Crippen LogP contribution in [0.1, 0.15) is 32.5 Å². The summed E-state index contributed by atoms with van der Waals surface area (Å²) in [6, 6.07) is 11.4. The molecule has 0 amide bonds. The quantitative estimate of drug-likeness (QED) is 0.928. The fraction of sp³-hybridized carbons (Fsp3) is 0.375. The van der Waals surface area contributed by atoms with E-state index in [0.717, 1.165) is 13.1 Å². The first-order chi connectivity index (χ1) is 9.19. The Balaban J connectivity index is 1.88. The van der Waals surface area contributed by atoms with Crippen LogP contribution in [0, 0.1) is 13.8 Å². The number of benzene rings is 1. The number of nitrogens with zero attached hydrogens (tertiary/aromatic N) is 1. The molecule has 1 aromatic heterocycles. The van der Waals surface area contributed by atoms with E-state index in [-0.39, 0.29) is 0 Å². The largest absolute Gasteiger partial charge is 0.329 e. The molecule has 1 aliphatic heterocycles. The molecular formula is C16H20N2S. The summed E-state index contributed by atoms with van der Waals surface area (Å²) in [6.07, 6.45) is 0. The minimum Gasteiger partial charge on any atom is -0.329 e. The fourth-order valence-electron chi connectivity index (χ4n) is 3.03. The van der Waals surface area contributed by atoms with Crippen LogP contribution in [0.5, 0.6) is 0 Å². The van der Waals surface area contributed by atoms with Crippen LogP contribution in [0.2, 0.25) is 0 Å². The van der Waals surface area contributed by atoms with Gasteiger partial charge in [0.2, 0.25) is 0 Å². The minimum absolute atomic E-state index is 0.345. The van der Waals surface area contributed by atoms with Crippen molar-refractivity contribution in [2.45, 2.75) is 33.0 Å². The van der Waals surface area contributed by atoms with Crippen LogP contribution in [0.4, 0.5) is 0 Å². The van der Waals surface area contributed by atoms with Crippen molar-refractivity contribution >= 4 is 11.3 Å². The molecule has 1 unspecified atom stereocenters. The molecule has 0 spiro atoms. The highest BCUT2D eigenvalue weighted by molar-refractivity contribution is 7.12. The summed E-state index contributed by atoms with van der Waals surface area (Å²) in [5.41, 5.74) is 10.4. The zero-order valence-electron chi connectivity index (χ0n) is 11.5. The molecule has 2 heterocycles. The van der Waals surface area contributed by atoms with Crippen molar-refractivity contribution in [1.82, 2.24) is 4.90 Å². The standard InChI is InChI=1S/C16H20N2S/c1-11-7-15(12(2)19-11)16(8-17)18-9-13-5-3-4-6-14(13)10-18/h3-7,16H,8-10,17H2,1-2H3. The molecule has 1 aliphatic rings. The average molecular weight is 272 g/mol. The molecule has 0 aliphatic carbocycles. The van der Waals surface area contributed by atoms with Crippen molar-refractivity contribution in [2.75, 3.05) is 6.54 Å². The van der Waals surface area contributed by atoms with Gasteiger partial charge in [-0.15, -0.1) is 11.3 Å². The molecule has 1 aromatic carbocycles. The maximum Gasteiger partial charge on any atom is 0.0488 e. The van der Waals surface area contributed by atoms with E-state index in [1.807, 2.05) is 11.3 Å². The molecule has 0 bridgehead atoms. The first kappa shape index (κ1) is 12.9. The molecule has 100 valence electrons. The number of hydrogen-bond donors (Lipinski definition) is 1. The van der Waals surface area contributed by atoms with Gasteiger partial charge in [0.15, 0.2) is 0 Å². The normalized spacial score (nSPS) is 16.6. The zero-order chi connectivity index (χ0) is 13.4. The summed E-state index contributed by atoms with van der Waals surface area (Å²) in [4.78, 5) is 5.28. The predicted molar refractivity (Wildman–Crippen MR) is 81.3 cm³/mol. The lowest BCUT2D eigenvalue weighted by Crippen LogP contribution is -2.29. The minimum atomic E-state index is 0.345. The average Bonchev–Trinajstić information content (AvgIpc) is 2.94. The molecular weight excluding hydrogens is 252 g/mol. The lowest BCUT2D eigenvalue weighted by molar-refractivity contribution is 0.205.